The number of aryl methyl sites for hydroxylation is 2. The third-order valence-corrected chi connectivity index (χ3v) is 5.39. The minimum Gasteiger partial charge on any atom is -0.335 e. The Morgan fingerprint density at radius 2 is 1.82 bits per heavy atom. The van der Waals surface area contributed by atoms with Crippen LogP contribution in [0.15, 0.2) is 18.2 Å². The second-order valence-electron chi connectivity index (χ2n) is 8.64. The van der Waals surface area contributed by atoms with Crippen molar-refractivity contribution in [2.45, 2.75) is 53.0 Å². The van der Waals surface area contributed by atoms with Crippen LogP contribution in [-0.2, 0) is 5.41 Å². The summed E-state index contributed by atoms with van der Waals surface area (Å²) in [4.78, 5) is 29.4. The fraction of sp³-hybridized carbons (Fsp3) is 0.524. The van der Waals surface area contributed by atoms with Crippen molar-refractivity contribution < 1.29 is 9.59 Å². The molecule has 0 radical (unpaired) electrons. The first-order valence-corrected chi connectivity index (χ1v) is 9.68. The predicted octanol–water partition coefficient (Wildman–Crippen LogP) is 2.71. The summed E-state index contributed by atoms with van der Waals surface area (Å²) in [5.74, 6) is -0.127. The van der Waals surface area contributed by atoms with Gasteiger partial charge >= 0.3 is 0 Å². The van der Waals surface area contributed by atoms with Crippen LogP contribution in [0, 0.1) is 13.8 Å². The Morgan fingerprint density at radius 3 is 2.39 bits per heavy atom. The van der Waals surface area contributed by atoms with E-state index in [0.717, 1.165) is 0 Å². The molecule has 0 bridgehead atoms. The van der Waals surface area contributed by atoms with Crippen LogP contribution < -0.4 is 0 Å². The number of aromatic nitrogens is 3. The molecule has 3 rings (SSSR count). The second kappa shape index (κ2) is 7.37. The van der Waals surface area contributed by atoms with Crippen LogP contribution in [-0.4, -0.2) is 62.7 Å². The number of H-pyrrole nitrogens is 1. The Labute approximate surface area is 166 Å². The van der Waals surface area contributed by atoms with Crippen molar-refractivity contribution in [3.05, 3.63) is 46.3 Å². The number of nitrogens with zero attached hydrogens (tertiary/aromatic N) is 4. The molecule has 1 fully saturated rings. The van der Waals surface area contributed by atoms with Gasteiger partial charge in [-0.3, -0.25) is 9.59 Å². The molecule has 1 aliphatic rings. The Hall–Kier alpha value is -2.70. The lowest BCUT2D eigenvalue weighted by atomic mass is 9.83. The Kier molecular flexibility index (Phi) is 5.28. The molecule has 28 heavy (non-hydrogen) atoms. The Balaban J connectivity index is 1.74. The maximum atomic E-state index is 13.1. The summed E-state index contributed by atoms with van der Waals surface area (Å²) in [6.45, 7) is 13.7. The number of hydrogen-bond donors (Lipinski definition) is 1. The minimum atomic E-state index is -0.142. The van der Waals surface area contributed by atoms with Crippen LogP contribution in [0.25, 0.3) is 0 Å². The van der Waals surface area contributed by atoms with Gasteiger partial charge in [0.05, 0.1) is 5.69 Å². The lowest BCUT2D eigenvalue weighted by molar-refractivity contribution is 0.0410. The first-order valence-electron chi connectivity index (χ1n) is 9.68. The zero-order valence-electron chi connectivity index (χ0n) is 17.5. The van der Waals surface area contributed by atoms with E-state index in [0.29, 0.717) is 36.6 Å². The SMILES string of the molecule is Cc1ccc(C(=O)N2CCN(C(=O)c3n[nH]nc3C)[C@@H](C)C2)cc1C(C)(C)C. The number of nitrogens with one attached hydrogen (secondary N) is 1. The summed E-state index contributed by atoms with van der Waals surface area (Å²) in [5.41, 5.74) is 3.99. The largest absolute Gasteiger partial charge is 0.335 e. The van der Waals surface area contributed by atoms with Crippen molar-refractivity contribution in [3.63, 3.8) is 0 Å². The molecule has 1 N–H and O–H groups in total. The molecule has 150 valence electrons. The molecule has 2 heterocycles. The quantitative estimate of drug-likeness (QED) is 0.864. The van der Waals surface area contributed by atoms with Crippen LogP contribution in [0.1, 0.15) is 65.4 Å². The average molecular weight is 383 g/mol. The molecule has 0 spiro atoms. The molecular weight excluding hydrogens is 354 g/mol. The molecule has 0 unspecified atom stereocenters. The van der Waals surface area contributed by atoms with Gasteiger partial charge in [0.25, 0.3) is 11.8 Å². The van der Waals surface area contributed by atoms with Gasteiger partial charge in [0.15, 0.2) is 5.69 Å². The molecule has 7 heteroatoms. The fourth-order valence-electron chi connectivity index (χ4n) is 3.81. The number of benzene rings is 1. The van der Waals surface area contributed by atoms with Gasteiger partial charge < -0.3 is 9.80 Å². The van der Waals surface area contributed by atoms with E-state index in [4.69, 9.17) is 0 Å². The van der Waals surface area contributed by atoms with Gasteiger partial charge in [0.2, 0.25) is 0 Å². The summed E-state index contributed by atoms with van der Waals surface area (Å²) in [7, 11) is 0. The number of carbonyl (C=O) groups is 2. The molecule has 1 saturated heterocycles. The summed E-state index contributed by atoms with van der Waals surface area (Å²) < 4.78 is 0. The zero-order chi connectivity index (χ0) is 20.6. The molecule has 1 aromatic carbocycles. The van der Waals surface area contributed by atoms with E-state index < -0.39 is 0 Å². The lowest BCUT2D eigenvalue weighted by Gasteiger charge is -2.39. The molecule has 1 aliphatic heterocycles. The van der Waals surface area contributed by atoms with Gasteiger partial charge in [-0.2, -0.15) is 15.4 Å². The smallest absolute Gasteiger partial charge is 0.276 e. The van der Waals surface area contributed by atoms with Gasteiger partial charge in [-0.05, 0) is 49.4 Å². The van der Waals surface area contributed by atoms with Crippen molar-refractivity contribution in [1.29, 1.82) is 0 Å². The maximum absolute atomic E-state index is 13.1. The van der Waals surface area contributed by atoms with Crippen LogP contribution in [0.3, 0.4) is 0 Å². The van der Waals surface area contributed by atoms with Crippen molar-refractivity contribution >= 4 is 11.8 Å². The summed E-state index contributed by atoms with van der Waals surface area (Å²) in [5, 5.41) is 10.4. The summed E-state index contributed by atoms with van der Waals surface area (Å²) in [6, 6.07) is 5.84. The second-order valence-corrected chi connectivity index (χ2v) is 8.64. The van der Waals surface area contributed by atoms with Crippen LogP contribution in [0.4, 0.5) is 0 Å². The molecule has 0 aliphatic carbocycles. The van der Waals surface area contributed by atoms with Crippen molar-refractivity contribution in [2.24, 2.45) is 0 Å². The molecular formula is C21H29N5O2. The van der Waals surface area contributed by atoms with E-state index in [2.05, 4.69) is 43.1 Å². The number of hydrogen-bond acceptors (Lipinski definition) is 4. The van der Waals surface area contributed by atoms with Gasteiger partial charge in [0, 0.05) is 31.2 Å². The highest BCUT2D eigenvalue weighted by Gasteiger charge is 2.32. The third-order valence-electron chi connectivity index (χ3n) is 5.39. The molecule has 1 atom stereocenters. The predicted molar refractivity (Wildman–Crippen MR) is 107 cm³/mol. The number of piperazine rings is 1. The van der Waals surface area contributed by atoms with Crippen molar-refractivity contribution in [2.75, 3.05) is 19.6 Å². The number of rotatable bonds is 2. The summed E-state index contributed by atoms with van der Waals surface area (Å²) in [6.07, 6.45) is 0. The zero-order valence-corrected chi connectivity index (χ0v) is 17.5. The summed E-state index contributed by atoms with van der Waals surface area (Å²) >= 11 is 0. The van der Waals surface area contributed by atoms with Gasteiger partial charge in [-0.15, -0.1) is 0 Å². The van der Waals surface area contributed by atoms with Gasteiger partial charge in [-0.1, -0.05) is 26.8 Å². The molecule has 0 saturated carbocycles. The van der Waals surface area contributed by atoms with Crippen molar-refractivity contribution in [3.8, 4) is 0 Å². The lowest BCUT2D eigenvalue weighted by Crippen LogP contribution is -2.55. The standard InChI is InChI=1S/C21H29N5O2/c1-13-7-8-16(11-17(13)21(4,5)6)19(27)25-9-10-26(14(2)12-25)20(28)18-15(3)22-24-23-18/h7-8,11,14H,9-10,12H2,1-6H3,(H,22,23,24)/t14-/m0/s1. The Bertz CT molecular complexity index is 896. The van der Waals surface area contributed by atoms with Gasteiger partial charge in [-0.25, -0.2) is 0 Å². The highest BCUT2D eigenvalue weighted by atomic mass is 16.2. The minimum absolute atomic E-state index is 0.0158. The fourth-order valence-corrected chi connectivity index (χ4v) is 3.81. The van der Waals surface area contributed by atoms with E-state index >= 15 is 0 Å². The molecule has 1 aromatic heterocycles. The molecule has 2 amide bonds. The highest BCUT2D eigenvalue weighted by Crippen LogP contribution is 2.27. The normalized spacial score (nSPS) is 17.7. The van der Waals surface area contributed by atoms with E-state index in [1.165, 1.54) is 11.1 Å². The van der Waals surface area contributed by atoms with Crippen molar-refractivity contribution in [1.82, 2.24) is 25.2 Å². The van der Waals surface area contributed by atoms with Crippen LogP contribution in [0.5, 0.6) is 0 Å². The third kappa shape index (κ3) is 3.79. The molecule has 2 aromatic rings. The van der Waals surface area contributed by atoms with Gasteiger partial charge in [0.1, 0.15) is 0 Å². The van der Waals surface area contributed by atoms with Crippen LogP contribution >= 0.6 is 0 Å². The van der Waals surface area contributed by atoms with Crippen LogP contribution in [0.2, 0.25) is 0 Å². The monoisotopic (exact) mass is 383 g/mol. The van der Waals surface area contributed by atoms with E-state index in [9.17, 15) is 9.59 Å². The number of carbonyl (C=O) groups excluding carboxylic acids is 2. The number of aromatic amines is 1. The topological polar surface area (TPSA) is 82.2 Å². The first-order chi connectivity index (χ1) is 13.1. The number of amides is 2. The maximum Gasteiger partial charge on any atom is 0.276 e. The van der Waals surface area contributed by atoms with E-state index in [-0.39, 0.29) is 23.3 Å². The Morgan fingerprint density at radius 1 is 1.11 bits per heavy atom. The first kappa shape index (κ1) is 20.0. The molecule has 7 nitrogen and oxygen atoms in total. The average Bonchev–Trinajstić information content (AvgIpc) is 3.06. The van der Waals surface area contributed by atoms with E-state index in [1.54, 1.807) is 11.8 Å². The van der Waals surface area contributed by atoms with E-state index in [1.807, 2.05) is 30.0 Å². The highest BCUT2D eigenvalue weighted by molar-refractivity contribution is 5.96.